The summed E-state index contributed by atoms with van der Waals surface area (Å²) < 4.78 is 0. The van der Waals surface area contributed by atoms with Gasteiger partial charge in [-0.1, -0.05) is 12.1 Å². The third-order valence-electron chi connectivity index (χ3n) is 4.20. The smallest absolute Gasteiger partial charge is 0.0541 e. The Morgan fingerprint density at radius 1 is 1.39 bits per heavy atom. The molecule has 1 aromatic rings. The third kappa shape index (κ3) is 3.03. The summed E-state index contributed by atoms with van der Waals surface area (Å²) in [7, 11) is 0. The van der Waals surface area contributed by atoms with Crippen LogP contribution in [0.25, 0.3) is 0 Å². The van der Waals surface area contributed by atoms with Crippen LogP contribution >= 0.6 is 0 Å². The molecule has 2 rings (SSSR count). The van der Waals surface area contributed by atoms with E-state index in [2.05, 4.69) is 17.9 Å². The molecule has 3 nitrogen and oxygen atoms in total. The van der Waals surface area contributed by atoms with Crippen molar-refractivity contribution in [2.75, 3.05) is 18.8 Å². The molecule has 1 aromatic carbocycles. The fourth-order valence-electron chi connectivity index (χ4n) is 2.71. The molecule has 0 aromatic heterocycles. The van der Waals surface area contributed by atoms with Crippen LogP contribution in [0.1, 0.15) is 30.9 Å². The van der Waals surface area contributed by atoms with E-state index in [4.69, 9.17) is 5.73 Å². The predicted octanol–water partition coefficient (Wildman–Crippen LogP) is 2.17. The zero-order valence-electron chi connectivity index (χ0n) is 11.4. The van der Waals surface area contributed by atoms with Gasteiger partial charge in [-0.3, -0.25) is 4.90 Å². The van der Waals surface area contributed by atoms with Crippen LogP contribution in [0.15, 0.2) is 18.2 Å². The molecule has 3 N–H and O–H groups in total. The lowest BCUT2D eigenvalue weighted by molar-refractivity contribution is 0.0695. The molecule has 1 fully saturated rings. The van der Waals surface area contributed by atoms with Gasteiger partial charge in [-0.15, -0.1) is 0 Å². The Hall–Kier alpha value is -1.06. The van der Waals surface area contributed by atoms with Gasteiger partial charge in [0.2, 0.25) is 0 Å². The number of aliphatic hydroxyl groups excluding tert-OH is 1. The Balaban J connectivity index is 1.94. The van der Waals surface area contributed by atoms with Crippen LogP contribution in [0.4, 0.5) is 5.69 Å². The van der Waals surface area contributed by atoms with Crippen LogP contribution < -0.4 is 5.73 Å². The minimum absolute atomic E-state index is 0.166. The van der Waals surface area contributed by atoms with Crippen LogP contribution in [0.3, 0.4) is 0 Å². The number of hydrogen-bond acceptors (Lipinski definition) is 3. The minimum atomic E-state index is -0.166. The van der Waals surface area contributed by atoms with E-state index in [1.165, 1.54) is 11.1 Å². The van der Waals surface area contributed by atoms with Gasteiger partial charge in [0.25, 0.3) is 0 Å². The first kappa shape index (κ1) is 13.4. The van der Waals surface area contributed by atoms with E-state index in [1.807, 2.05) is 19.1 Å². The first-order valence-corrected chi connectivity index (χ1v) is 6.82. The molecule has 3 heteroatoms. The van der Waals surface area contributed by atoms with Crippen LogP contribution in [-0.4, -0.2) is 29.2 Å². The van der Waals surface area contributed by atoms with Gasteiger partial charge in [-0.25, -0.2) is 0 Å². The van der Waals surface area contributed by atoms with E-state index < -0.39 is 0 Å². The summed E-state index contributed by atoms with van der Waals surface area (Å²) in [5, 5.41) is 9.60. The number of likely N-dealkylation sites (tertiary alicyclic amines) is 1. The van der Waals surface area contributed by atoms with Gasteiger partial charge in [0, 0.05) is 12.2 Å². The molecular weight excluding hydrogens is 224 g/mol. The van der Waals surface area contributed by atoms with E-state index in [9.17, 15) is 5.11 Å². The lowest BCUT2D eigenvalue weighted by atomic mass is 9.92. The SMILES string of the molecule is Cc1c(N)cccc1CN1CCC(C(C)O)CC1. The second-order valence-electron chi connectivity index (χ2n) is 5.49. The Morgan fingerprint density at radius 2 is 2.06 bits per heavy atom. The van der Waals surface area contributed by atoms with Gasteiger partial charge in [0.1, 0.15) is 0 Å². The van der Waals surface area contributed by atoms with E-state index in [0.717, 1.165) is 38.2 Å². The molecule has 1 atom stereocenters. The summed E-state index contributed by atoms with van der Waals surface area (Å²) in [6.07, 6.45) is 2.03. The van der Waals surface area contributed by atoms with Crippen molar-refractivity contribution in [2.24, 2.45) is 5.92 Å². The summed E-state index contributed by atoms with van der Waals surface area (Å²) >= 11 is 0. The number of rotatable bonds is 3. The number of nitrogens with zero attached hydrogens (tertiary/aromatic N) is 1. The van der Waals surface area contributed by atoms with Crippen molar-refractivity contribution in [1.82, 2.24) is 4.90 Å². The Labute approximate surface area is 110 Å². The van der Waals surface area contributed by atoms with Gasteiger partial charge >= 0.3 is 0 Å². The van der Waals surface area contributed by atoms with E-state index >= 15 is 0 Å². The molecule has 0 amide bonds. The second kappa shape index (κ2) is 5.72. The van der Waals surface area contributed by atoms with Crippen molar-refractivity contribution in [3.63, 3.8) is 0 Å². The average molecular weight is 248 g/mol. The predicted molar refractivity (Wildman–Crippen MR) is 75.3 cm³/mol. The highest BCUT2D eigenvalue weighted by molar-refractivity contribution is 5.49. The number of piperidine rings is 1. The van der Waals surface area contributed by atoms with E-state index in [1.54, 1.807) is 0 Å². The van der Waals surface area contributed by atoms with E-state index in [0.29, 0.717) is 5.92 Å². The van der Waals surface area contributed by atoms with Gasteiger partial charge < -0.3 is 10.8 Å². The molecule has 1 aliphatic rings. The molecule has 1 heterocycles. The lowest BCUT2D eigenvalue weighted by Crippen LogP contribution is -2.36. The lowest BCUT2D eigenvalue weighted by Gasteiger charge is -2.33. The van der Waals surface area contributed by atoms with Crippen LogP contribution in [0, 0.1) is 12.8 Å². The zero-order valence-corrected chi connectivity index (χ0v) is 11.4. The molecule has 1 unspecified atom stereocenters. The highest BCUT2D eigenvalue weighted by Gasteiger charge is 2.22. The fraction of sp³-hybridized carbons (Fsp3) is 0.600. The summed E-state index contributed by atoms with van der Waals surface area (Å²) in [5.41, 5.74) is 9.35. The summed E-state index contributed by atoms with van der Waals surface area (Å²) in [6, 6.07) is 6.14. The maximum Gasteiger partial charge on any atom is 0.0541 e. The van der Waals surface area contributed by atoms with Crippen molar-refractivity contribution in [1.29, 1.82) is 0 Å². The van der Waals surface area contributed by atoms with Crippen LogP contribution in [0.2, 0.25) is 0 Å². The Bertz CT molecular complexity index is 395. The number of aliphatic hydroxyl groups is 1. The van der Waals surface area contributed by atoms with Gasteiger partial charge in [0.05, 0.1) is 6.10 Å². The average Bonchev–Trinajstić information content (AvgIpc) is 2.36. The van der Waals surface area contributed by atoms with Crippen molar-refractivity contribution in [3.05, 3.63) is 29.3 Å². The molecule has 0 saturated carbocycles. The molecule has 100 valence electrons. The number of benzene rings is 1. The maximum absolute atomic E-state index is 9.60. The van der Waals surface area contributed by atoms with Gasteiger partial charge in [-0.05, 0) is 62.9 Å². The van der Waals surface area contributed by atoms with E-state index in [-0.39, 0.29) is 6.10 Å². The van der Waals surface area contributed by atoms with Crippen LogP contribution in [-0.2, 0) is 6.54 Å². The van der Waals surface area contributed by atoms with Gasteiger partial charge in [-0.2, -0.15) is 0 Å². The molecule has 0 aliphatic carbocycles. The molecule has 0 radical (unpaired) electrons. The second-order valence-corrected chi connectivity index (χ2v) is 5.49. The fourth-order valence-corrected chi connectivity index (χ4v) is 2.71. The monoisotopic (exact) mass is 248 g/mol. The Kier molecular flexibility index (Phi) is 4.25. The minimum Gasteiger partial charge on any atom is -0.399 e. The first-order chi connectivity index (χ1) is 8.58. The van der Waals surface area contributed by atoms with Crippen LogP contribution in [0.5, 0.6) is 0 Å². The van der Waals surface area contributed by atoms with Crippen molar-refractivity contribution in [3.8, 4) is 0 Å². The molecule has 0 spiro atoms. The maximum atomic E-state index is 9.60. The Morgan fingerprint density at radius 3 is 2.67 bits per heavy atom. The van der Waals surface area contributed by atoms with Crippen molar-refractivity contribution >= 4 is 5.69 Å². The van der Waals surface area contributed by atoms with Gasteiger partial charge in [0.15, 0.2) is 0 Å². The first-order valence-electron chi connectivity index (χ1n) is 6.82. The molecule has 0 bridgehead atoms. The van der Waals surface area contributed by atoms with Crippen molar-refractivity contribution in [2.45, 2.75) is 39.3 Å². The summed E-state index contributed by atoms with van der Waals surface area (Å²) in [5.74, 6) is 0.475. The van der Waals surface area contributed by atoms with Crippen molar-refractivity contribution < 1.29 is 5.11 Å². The largest absolute Gasteiger partial charge is 0.399 e. The molecule has 1 aliphatic heterocycles. The number of anilines is 1. The number of hydrogen-bond donors (Lipinski definition) is 2. The zero-order chi connectivity index (χ0) is 13.1. The highest BCUT2D eigenvalue weighted by atomic mass is 16.3. The third-order valence-corrected chi connectivity index (χ3v) is 4.20. The summed E-state index contributed by atoms with van der Waals surface area (Å²) in [4.78, 5) is 2.46. The molecule has 18 heavy (non-hydrogen) atoms. The molecule has 1 saturated heterocycles. The summed E-state index contributed by atoms with van der Waals surface area (Å²) in [6.45, 7) is 7.12. The number of nitrogen functional groups attached to an aromatic ring is 1. The highest BCUT2D eigenvalue weighted by Crippen LogP contribution is 2.23. The quantitative estimate of drug-likeness (QED) is 0.806. The topological polar surface area (TPSA) is 49.5 Å². The standard InChI is InChI=1S/C15H24N2O/c1-11-14(4-3-5-15(11)16)10-17-8-6-13(7-9-17)12(2)18/h3-5,12-13,18H,6-10,16H2,1-2H3. The number of nitrogens with two attached hydrogens (primary N) is 1. The molecular formula is C15H24N2O. The normalized spacial score (nSPS) is 19.9.